The molecule has 15 heavy (non-hydrogen) atoms. The van der Waals surface area contributed by atoms with Crippen LogP contribution in [0.25, 0.3) is 0 Å². The highest BCUT2D eigenvalue weighted by atomic mass is 16.8. The molecule has 0 heterocycles. The molecule has 4 N–H and O–H groups in total. The molecule has 0 aliphatic rings. The first-order valence-electron chi connectivity index (χ1n) is 3.90. The van der Waals surface area contributed by atoms with Gasteiger partial charge in [-0.3, -0.25) is 0 Å². The lowest BCUT2D eigenvalue weighted by Crippen LogP contribution is -2.39. The van der Waals surface area contributed by atoms with Crippen molar-refractivity contribution in [3.63, 3.8) is 0 Å². The Morgan fingerprint density at radius 3 is 1.87 bits per heavy atom. The highest BCUT2D eigenvalue weighted by Crippen LogP contribution is 2.15. The van der Waals surface area contributed by atoms with Gasteiger partial charge in [0, 0.05) is 0 Å². The molecule has 0 rings (SSSR count). The van der Waals surface area contributed by atoms with Crippen molar-refractivity contribution in [3.05, 3.63) is 0 Å². The van der Waals surface area contributed by atoms with Crippen molar-refractivity contribution in [2.24, 2.45) is 5.41 Å². The van der Waals surface area contributed by atoms with Crippen molar-refractivity contribution in [1.82, 2.24) is 0 Å². The van der Waals surface area contributed by atoms with Gasteiger partial charge in [0.05, 0.1) is 25.2 Å². The van der Waals surface area contributed by atoms with E-state index < -0.39 is 44.2 Å². The summed E-state index contributed by atoms with van der Waals surface area (Å²) >= 11 is 0. The number of ether oxygens (including phenoxy) is 2. The number of hydrogen-bond acceptors (Lipinski definition) is 7. The van der Waals surface area contributed by atoms with Crippen LogP contribution in [0.3, 0.4) is 0 Å². The minimum absolute atomic E-state index is 0.553. The average Bonchev–Trinajstić information content (AvgIpc) is 2.20. The van der Waals surface area contributed by atoms with E-state index in [1.807, 2.05) is 0 Å². The number of carbonyl (C=O) groups is 2. The molecule has 0 spiro atoms. The maximum Gasteiger partial charge on any atom is 0.518 e. The van der Waals surface area contributed by atoms with Gasteiger partial charge in [-0.25, -0.2) is 9.59 Å². The molecule has 0 aromatic rings. The molecule has 8 heteroatoms. The molecule has 0 bridgehead atoms. The molecular formula is C7H12O8. The number of rotatable bonds is 5. The van der Waals surface area contributed by atoms with E-state index in [1.54, 1.807) is 0 Å². The van der Waals surface area contributed by atoms with Crippen LogP contribution in [0.4, 0.5) is 9.59 Å². The second-order valence-corrected chi connectivity index (χ2v) is 2.88. The standard InChI is InChI=1S/C7H12O8/c8-1-7(2-9,3-10)4-14-6(13)15-5(11)12/h8-10H,1-4H2,(H,11,12). The van der Waals surface area contributed by atoms with Crippen LogP contribution in [0.1, 0.15) is 0 Å². The van der Waals surface area contributed by atoms with Gasteiger partial charge < -0.3 is 29.9 Å². The van der Waals surface area contributed by atoms with Crippen molar-refractivity contribution >= 4 is 12.3 Å². The summed E-state index contributed by atoms with van der Waals surface area (Å²) in [6, 6.07) is 0. The number of carboxylic acid groups (broad SMARTS) is 1. The van der Waals surface area contributed by atoms with E-state index in [2.05, 4.69) is 9.47 Å². The van der Waals surface area contributed by atoms with E-state index in [-0.39, 0.29) is 0 Å². The second kappa shape index (κ2) is 6.17. The molecule has 0 radical (unpaired) electrons. The highest BCUT2D eigenvalue weighted by Gasteiger charge is 2.30. The van der Waals surface area contributed by atoms with Gasteiger partial charge in [-0.05, 0) is 0 Å². The third kappa shape index (κ3) is 4.58. The molecule has 0 aromatic carbocycles. The maximum atomic E-state index is 10.6. The zero-order chi connectivity index (χ0) is 11.9. The van der Waals surface area contributed by atoms with Crippen LogP contribution >= 0.6 is 0 Å². The Balaban J connectivity index is 4.10. The summed E-state index contributed by atoms with van der Waals surface area (Å²) in [5.74, 6) is 0. The lowest BCUT2D eigenvalue weighted by atomic mass is 9.93. The zero-order valence-corrected chi connectivity index (χ0v) is 7.75. The van der Waals surface area contributed by atoms with Gasteiger partial charge >= 0.3 is 12.3 Å². The van der Waals surface area contributed by atoms with Crippen LogP contribution in [0.2, 0.25) is 0 Å². The molecule has 0 atom stereocenters. The van der Waals surface area contributed by atoms with E-state index >= 15 is 0 Å². The Labute approximate surface area is 84.7 Å². The van der Waals surface area contributed by atoms with Gasteiger partial charge in [0.1, 0.15) is 6.61 Å². The van der Waals surface area contributed by atoms with E-state index in [0.29, 0.717) is 0 Å². The molecule has 0 saturated heterocycles. The van der Waals surface area contributed by atoms with E-state index in [9.17, 15) is 9.59 Å². The SMILES string of the molecule is O=C(O)OC(=O)OCC(CO)(CO)CO. The molecule has 0 unspecified atom stereocenters. The first-order chi connectivity index (χ1) is 6.99. The molecule has 8 nitrogen and oxygen atoms in total. The fraction of sp³-hybridized carbons (Fsp3) is 0.714. The summed E-state index contributed by atoms with van der Waals surface area (Å²) in [7, 11) is 0. The minimum atomic E-state index is -1.83. The maximum absolute atomic E-state index is 10.6. The van der Waals surface area contributed by atoms with Gasteiger partial charge in [0.15, 0.2) is 0 Å². The Kier molecular flexibility index (Phi) is 5.60. The van der Waals surface area contributed by atoms with Gasteiger partial charge in [0.2, 0.25) is 0 Å². The average molecular weight is 224 g/mol. The Hall–Kier alpha value is -1.38. The third-order valence-corrected chi connectivity index (χ3v) is 1.67. The molecule has 88 valence electrons. The van der Waals surface area contributed by atoms with Crippen molar-refractivity contribution < 1.29 is 39.5 Å². The normalized spacial score (nSPS) is 10.9. The predicted octanol–water partition coefficient (Wildman–Crippen LogP) is -1.22. The fourth-order valence-electron chi connectivity index (χ4n) is 0.600. The molecule has 0 aliphatic carbocycles. The zero-order valence-electron chi connectivity index (χ0n) is 7.75. The van der Waals surface area contributed by atoms with Crippen LogP contribution in [-0.2, 0) is 9.47 Å². The van der Waals surface area contributed by atoms with E-state index in [4.69, 9.17) is 20.4 Å². The quantitative estimate of drug-likeness (QED) is 0.337. The number of aliphatic hydroxyl groups excluding tert-OH is 3. The Bertz CT molecular complexity index is 213. The summed E-state index contributed by atoms with van der Waals surface area (Å²) in [6.07, 6.45) is -3.31. The van der Waals surface area contributed by atoms with Gasteiger partial charge in [-0.2, -0.15) is 0 Å². The largest absolute Gasteiger partial charge is 0.518 e. The van der Waals surface area contributed by atoms with Gasteiger partial charge in [-0.15, -0.1) is 0 Å². The second-order valence-electron chi connectivity index (χ2n) is 2.88. The number of aliphatic hydroxyl groups is 3. The summed E-state index contributed by atoms with van der Waals surface area (Å²) in [6.45, 7) is -2.43. The lowest BCUT2D eigenvalue weighted by molar-refractivity contribution is -0.0486. The van der Waals surface area contributed by atoms with Gasteiger partial charge in [-0.1, -0.05) is 0 Å². The monoisotopic (exact) mass is 224 g/mol. The minimum Gasteiger partial charge on any atom is -0.449 e. The summed E-state index contributed by atoms with van der Waals surface area (Å²) < 4.78 is 7.86. The molecule has 0 amide bonds. The van der Waals surface area contributed by atoms with Gasteiger partial charge in [0.25, 0.3) is 0 Å². The van der Waals surface area contributed by atoms with Crippen molar-refractivity contribution in [1.29, 1.82) is 0 Å². The van der Waals surface area contributed by atoms with Crippen LogP contribution in [-0.4, -0.2) is 59.2 Å². The van der Waals surface area contributed by atoms with E-state index in [0.717, 1.165) is 0 Å². The smallest absolute Gasteiger partial charge is 0.449 e. The number of carbonyl (C=O) groups excluding carboxylic acids is 1. The van der Waals surface area contributed by atoms with Crippen molar-refractivity contribution in [3.8, 4) is 0 Å². The summed E-state index contributed by atoms with van der Waals surface area (Å²) in [4.78, 5) is 20.4. The molecule has 0 aliphatic heterocycles. The molecule has 0 fully saturated rings. The highest BCUT2D eigenvalue weighted by molar-refractivity contribution is 5.75. The lowest BCUT2D eigenvalue weighted by Gasteiger charge is -2.25. The van der Waals surface area contributed by atoms with Crippen LogP contribution in [0.15, 0.2) is 0 Å². The molecule has 0 aromatic heterocycles. The van der Waals surface area contributed by atoms with Crippen molar-refractivity contribution in [2.45, 2.75) is 0 Å². The molecular weight excluding hydrogens is 212 g/mol. The van der Waals surface area contributed by atoms with Crippen molar-refractivity contribution in [2.75, 3.05) is 26.4 Å². The first-order valence-corrected chi connectivity index (χ1v) is 3.90. The Morgan fingerprint density at radius 1 is 1.07 bits per heavy atom. The first kappa shape index (κ1) is 13.6. The predicted molar refractivity (Wildman–Crippen MR) is 44.1 cm³/mol. The van der Waals surface area contributed by atoms with Crippen LogP contribution in [0.5, 0.6) is 0 Å². The topological polar surface area (TPSA) is 134 Å². The molecule has 0 saturated carbocycles. The summed E-state index contributed by atoms with van der Waals surface area (Å²) in [5.41, 5.74) is -1.41. The third-order valence-electron chi connectivity index (χ3n) is 1.67. The summed E-state index contributed by atoms with van der Waals surface area (Å²) in [5, 5.41) is 34.4. The van der Waals surface area contributed by atoms with Crippen LogP contribution in [0, 0.1) is 5.41 Å². The number of hydrogen-bond donors (Lipinski definition) is 4. The van der Waals surface area contributed by atoms with Crippen LogP contribution < -0.4 is 0 Å². The fourth-order valence-corrected chi connectivity index (χ4v) is 0.600. The Morgan fingerprint density at radius 2 is 1.53 bits per heavy atom. The van der Waals surface area contributed by atoms with E-state index in [1.165, 1.54) is 0 Å².